The molecule has 0 radical (unpaired) electrons. The summed E-state index contributed by atoms with van der Waals surface area (Å²) >= 11 is 9.66. The van der Waals surface area contributed by atoms with Crippen molar-refractivity contribution in [3.63, 3.8) is 0 Å². The lowest BCUT2D eigenvalue weighted by molar-refractivity contribution is -0.139. The average Bonchev–Trinajstić information content (AvgIpc) is 2.83. The third-order valence-electron chi connectivity index (χ3n) is 6.29. The molecule has 4 atom stereocenters. The number of benzene rings is 3. The van der Waals surface area contributed by atoms with E-state index in [4.69, 9.17) is 26.2 Å². The van der Waals surface area contributed by atoms with E-state index >= 15 is 0 Å². The Hall–Kier alpha value is -2.67. The summed E-state index contributed by atoms with van der Waals surface area (Å²) in [6.07, 6.45) is -0.120. The van der Waals surface area contributed by atoms with Gasteiger partial charge in [-0.1, -0.05) is 63.9 Å². The monoisotopic (exact) mass is 558 g/mol. The van der Waals surface area contributed by atoms with Crippen LogP contribution < -0.4 is 4.74 Å². The summed E-state index contributed by atoms with van der Waals surface area (Å²) < 4.78 is 27.0. The maximum Gasteiger partial charge on any atom is 0.341 e. The molecule has 3 aromatic rings. The van der Waals surface area contributed by atoms with Gasteiger partial charge in [-0.05, 0) is 66.9 Å². The van der Waals surface area contributed by atoms with Gasteiger partial charge in [0, 0.05) is 26.9 Å². The summed E-state index contributed by atoms with van der Waals surface area (Å²) in [5, 5.41) is 9.79. The van der Waals surface area contributed by atoms with Gasteiger partial charge in [0.05, 0.1) is 12.2 Å². The molecule has 0 aromatic heterocycles. The minimum Gasteiger partial charge on any atom is -0.482 e. The highest BCUT2D eigenvalue weighted by atomic mass is 79.9. The Bertz CT molecular complexity index is 1210. The highest BCUT2D eigenvalue weighted by Crippen LogP contribution is 2.53. The molecule has 1 aliphatic heterocycles. The zero-order valence-corrected chi connectivity index (χ0v) is 21.4. The third kappa shape index (κ3) is 5.95. The zero-order valence-electron chi connectivity index (χ0n) is 19.1. The van der Waals surface area contributed by atoms with Gasteiger partial charge >= 0.3 is 5.97 Å². The van der Waals surface area contributed by atoms with Crippen LogP contribution in [-0.2, 0) is 9.53 Å². The van der Waals surface area contributed by atoms with Crippen LogP contribution >= 0.6 is 27.5 Å². The first kappa shape index (κ1) is 25.4. The van der Waals surface area contributed by atoms with Crippen LogP contribution in [0.1, 0.15) is 48.2 Å². The van der Waals surface area contributed by atoms with Crippen molar-refractivity contribution in [1.82, 2.24) is 0 Å². The van der Waals surface area contributed by atoms with Crippen molar-refractivity contribution < 1.29 is 23.8 Å². The largest absolute Gasteiger partial charge is 0.482 e. The van der Waals surface area contributed by atoms with E-state index in [1.165, 1.54) is 12.1 Å². The van der Waals surface area contributed by atoms with E-state index in [1.54, 1.807) is 24.3 Å². The molecular weight excluding hydrogens is 535 g/mol. The number of hydrogen-bond acceptors (Lipinski definition) is 3. The van der Waals surface area contributed by atoms with Crippen LogP contribution in [0.4, 0.5) is 4.39 Å². The SMILES string of the molecule is C=C(C)[C@H]1C[C@H](c2ccc(Cl)cc2)[C@H](c2ccc(F)cc2)O[C@@H]1c1cc(Br)ccc1OCC(=O)O. The van der Waals surface area contributed by atoms with Crippen molar-refractivity contribution in [3.8, 4) is 5.75 Å². The van der Waals surface area contributed by atoms with E-state index in [-0.39, 0.29) is 23.8 Å². The fourth-order valence-electron chi connectivity index (χ4n) is 4.61. The summed E-state index contributed by atoms with van der Waals surface area (Å²) in [5.41, 5.74) is 3.58. The standard InChI is InChI=1S/C28H25BrClFO4/c1-16(2)22-14-23(17-3-8-20(30)9-4-17)27(18-5-10-21(31)11-6-18)35-28(22)24-13-19(29)7-12-25(24)34-15-26(32)33/h3-13,22-23,27-28H,1,14-15H2,2H3,(H,32,33)/t22-,23-,27+,28+/m1/s1. The molecule has 182 valence electrons. The Morgan fingerprint density at radius 1 is 1.11 bits per heavy atom. The molecule has 1 heterocycles. The maximum absolute atomic E-state index is 13.7. The summed E-state index contributed by atoms with van der Waals surface area (Å²) in [6, 6.07) is 19.4. The van der Waals surface area contributed by atoms with E-state index in [9.17, 15) is 9.18 Å². The molecule has 0 saturated carbocycles. The lowest BCUT2D eigenvalue weighted by atomic mass is 9.74. The minimum atomic E-state index is -1.06. The Labute approximate surface area is 217 Å². The summed E-state index contributed by atoms with van der Waals surface area (Å²) in [6.45, 7) is 5.74. The first-order chi connectivity index (χ1) is 16.7. The molecule has 1 N–H and O–H groups in total. The fraction of sp³-hybridized carbons (Fsp3) is 0.250. The van der Waals surface area contributed by atoms with Crippen LogP contribution in [0.3, 0.4) is 0 Å². The molecule has 4 nitrogen and oxygen atoms in total. The molecule has 3 aromatic carbocycles. The van der Waals surface area contributed by atoms with Crippen molar-refractivity contribution in [2.45, 2.75) is 31.5 Å². The number of aliphatic carboxylic acids is 1. The lowest BCUT2D eigenvalue weighted by Crippen LogP contribution is -2.32. The quantitative estimate of drug-likeness (QED) is 0.299. The fourth-order valence-corrected chi connectivity index (χ4v) is 5.12. The van der Waals surface area contributed by atoms with Crippen LogP contribution in [0.5, 0.6) is 5.75 Å². The minimum absolute atomic E-state index is 0.0359. The second-order valence-corrected chi connectivity index (χ2v) is 10.1. The van der Waals surface area contributed by atoms with Gasteiger partial charge in [-0.2, -0.15) is 0 Å². The summed E-state index contributed by atoms with van der Waals surface area (Å²) in [4.78, 5) is 11.2. The number of carboxylic acids is 1. The van der Waals surface area contributed by atoms with Gasteiger partial charge in [-0.15, -0.1) is 0 Å². The van der Waals surface area contributed by atoms with Crippen LogP contribution in [-0.4, -0.2) is 17.7 Å². The number of hydrogen-bond donors (Lipinski definition) is 1. The molecule has 35 heavy (non-hydrogen) atoms. The van der Waals surface area contributed by atoms with Gasteiger partial charge in [0.15, 0.2) is 6.61 Å². The molecule has 0 aliphatic carbocycles. The number of ether oxygens (including phenoxy) is 2. The number of rotatable bonds is 7. The van der Waals surface area contributed by atoms with Gasteiger partial charge in [-0.3, -0.25) is 0 Å². The van der Waals surface area contributed by atoms with Crippen LogP contribution in [0.15, 0.2) is 83.4 Å². The highest BCUT2D eigenvalue weighted by molar-refractivity contribution is 9.10. The Morgan fingerprint density at radius 2 is 1.77 bits per heavy atom. The second-order valence-electron chi connectivity index (χ2n) is 8.74. The van der Waals surface area contributed by atoms with Gasteiger partial charge in [0.2, 0.25) is 0 Å². The smallest absolute Gasteiger partial charge is 0.341 e. The first-order valence-electron chi connectivity index (χ1n) is 11.2. The van der Waals surface area contributed by atoms with E-state index < -0.39 is 18.7 Å². The summed E-state index contributed by atoms with van der Waals surface area (Å²) in [5.74, 6) is -1.05. The van der Waals surface area contributed by atoms with Crippen molar-refractivity contribution in [2.75, 3.05) is 6.61 Å². The molecule has 0 spiro atoms. The molecule has 0 bridgehead atoms. The van der Waals surface area contributed by atoms with Gasteiger partial charge in [-0.25, -0.2) is 9.18 Å². The predicted molar refractivity (Wildman–Crippen MR) is 137 cm³/mol. The Morgan fingerprint density at radius 3 is 2.40 bits per heavy atom. The lowest BCUT2D eigenvalue weighted by Gasteiger charge is -2.43. The average molecular weight is 560 g/mol. The normalized spacial score (nSPS) is 21.9. The maximum atomic E-state index is 13.7. The van der Waals surface area contributed by atoms with Crippen molar-refractivity contribution >= 4 is 33.5 Å². The molecule has 0 amide bonds. The van der Waals surface area contributed by atoms with Crippen molar-refractivity contribution in [3.05, 3.63) is 111 Å². The van der Waals surface area contributed by atoms with Crippen LogP contribution in [0, 0.1) is 11.7 Å². The molecule has 0 unspecified atom stereocenters. The summed E-state index contributed by atoms with van der Waals surface area (Å²) in [7, 11) is 0. The van der Waals surface area contributed by atoms with Crippen molar-refractivity contribution in [1.29, 1.82) is 0 Å². The van der Waals surface area contributed by atoms with E-state index in [1.807, 2.05) is 37.3 Å². The predicted octanol–water partition coefficient (Wildman–Crippen LogP) is 7.88. The second kappa shape index (κ2) is 10.9. The first-order valence-corrected chi connectivity index (χ1v) is 12.4. The van der Waals surface area contributed by atoms with E-state index in [0.29, 0.717) is 17.2 Å². The number of carbonyl (C=O) groups is 1. The topological polar surface area (TPSA) is 55.8 Å². The van der Waals surface area contributed by atoms with Crippen LogP contribution in [0.25, 0.3) is 0 Å². The number of halogens is 3. The zero-order chi connectivity index (χ0) is 25.1. The number of carboxylic acid groups (broad SMARTS) is 1. The molecule has 7 heteroatoms. The Balaban J connectivity index is 1.80. The van der Waals surface area contributed by atoms with Crippen molar-refractivity contribution in [2.24, 2.45) is 5.92 Å². The van der Waals surface area contributed by atoms with Gasteiger partial charge in [0.1, 0.15) is 11.6 Å². The van der Waals surface area contributed by atoms with Gasteiger partial charge < -0.3 is 14.6 Å². The van der Waals surface area contributed by atoms with E-state index in [2.05, 4.69) is 22.5 Å². The van der Waals surface area contributed by atoms with Gasteiger partial charge in [0.25, 0.3) is 0 Å². The van der Waals surface area contributed by atoms with E-state index in [0.717, 1.165) is 26.7 Å². The molecule has 1 aliphatic rings. The molecule has 1 saturated heterocycles. The molecular formula is C28H25BrClFO4. The van der Waals surface area contributed by atoms with Crippen LogP contribution in [0.2, 0.25) is 5.02 Å². The Kier molecular flexibility index (Phi) is 7.95. The third-order valence-corrected chi connectivity index (χ3v) is 7.04. The molecule has 4 rings (SSSR count). The molecule has 1 fully saturated rings. The highest BCUT2D eigenvalue weighted by Gasteiger charge is 2.41.